The van der Waals surface area contributed by atoms with Gasteiger partial charge in [0.1, 0.15) is 5.78 Å². The van der Waals surface area contributed by atoms with Crippen molar-refractivity contribution in [1.29, 1.82) is 0 Å². The van der Waals surface area contributed by atoms with Gasteiger partial charge in [-0.25, -0.2) is 0 Å². The Labute approximate surface area is 115 Å². The molecule has 4 atom stereocenters. The predicted octanol–water partition coefficient (Wildman–Crippen LogP) is 3.56. The Hall–Kier alpha value is -1.15. The van der Waals surface area contributed by atoms with Gasteiger partial charge in [0.05, 0.1) is 5.60 Å². The lowest BCUT2D eigenvalue weighted by atomic mass is 9.49. The second-order valence-corrected chi connectivity index (χ2v) is 6.63. The average Bonchev–Trinajstić information content (AvgIpc) is 2.41. The molecule has 3 aliphatic carbocycles. The minimum Gasteiger partial charge on any atom is -0.378 e. The first-order chi connectivity index (χ1) is 8.99. The maximum atomic E-state index is 12.5. The molecule has 0 aliphatic heterocycles. The Morgan fingerprint density at radius 2 is 1.89 bits per heavy atom. The molecule has 0 aromatic heterocycles. The highest BCUT2D eigenvalue weighted by molar-refractivity contribution is 5.88. The summed E-state index contributed by atoms with van der Waals surface area (Å²) in [5.74, 6) is 1.13. The Balaban J connectivity index is 2.01. The predicted molar refractivity (Wildman–Crippen MR) is 75.1 cm³/mol. The highest BCUT2D eigenvalue weighted by Crippen LogP contribution is 2.60. The molecule has 0 radical (unpaired) electrons. The van der Waals surface area contributed by atoms with Gasteiger partial charge in [0, 0.05) is 18.9 Å². The number of Topliss-reactive ketones (excluding diaryl/α,β-unsaturated/α-hetero) is 1. The maximum Gasteiger partial charge on any atom is 0.139 e. The monoisotopic (exact) mass is 258 g/mol. The van der Waals surface area contributed by atoms with Crippen LogP contribution in [0.5, 0.6) is 0 Å². The summed E-state index contributed by atoms with van der Waals surface area (Å²) in [4.78, 5) is 12.5. The van der Waals surface area contributed by atoms with Crippen LogP contribution in [0.3, 0.4) is 0 Å². The third-order valence-corrected chi connectivity index (χ3v) is 5.61. The van der Waals surface area contributed by atoms with Crippen molar-refractivity contribution in [2.24, 2.45) is 11.3 Å². The van der Waals surface area contributed by atoms with E-state index in [1.807, 2.05) is 6.07 Å². The van der Waals surface area contributed by atoms with Crippen LogP contribution in [0.25, 0.3) is 0 Å². The average molecular weight is 258 g/mol. The van der Waals surface area contributed by atoms with Gasteiger partial charge < -0.3 is 4.74 Å². The van der Waals surface area contributed by atoms with Crippen LogP contribution in [0, 0.1) is 11.3 Å². The summed E-state index contributed by atoms with van der Waals surface area (Å²) >= 11 is 0. The summed E-state index contributed by atoms with van der Waals surface area (Å²) < 4.78 is 5.76. The van der Waals surface area contributed by atoms with E-state index in [0.717, 1.165) is 12.8 Å². The SMILES string of the molecule is CO[C@@]1(C)C[C@]2(C)C(=O)C[C@H]1C[C@@H]2c1ccccc1. The van der Waals surface area contributed by atoms with Crippen molar-refractivity contribution >= 4 is 5.78 Å². The Kier molecular flexibility index (Phi) is 2.82. The molecule has 0 unspecified atom stereocenters. The van der Waals surface area contributed by atoms with E-state index in [-0.39, 0.29) is 11.0 Å². The van der Waals surface area contributed by atoms with Gasteiger partial charge in [0.25, 0.3) is 0 Å². The second kappa shape index (κ2) is 4.17. The minimum absolute atomic E-state index is 0.131. The van der Waals surface area contributed by atoms with E-state index in [1.54, 1.807) is 7.11 Å². The fraction of sp³-hybridized carbons (Fsp3) is 0.588. The number of hydrogen-bond acceptors (Lipinski definition) is 2. The summed E-state index contributed by atoms with van der Waals surface area (Å²) in [5.41, 5.74) is 0.913. The van der Waals surface area contributed by atoms with Gasteiger partial charge >= 0.3 is 0 Å². The van der Waals surface area contributed by atoms with E-state index >= 15 is 0 Å². The first-order valence-electron chi connectivity index (χ1n) is 7.13. The smallest absolute Gasteiger partial charge is 0.139 e. The van der Waals surface area contributed by atoms with Gasteiger partial charge in [0.15, 0.2) is 0 Å². The van der Waals surface area contributed by atoms with E-state index in [4.69, 9.17) is 4.74 Å². The van der Waals surface area contributed by atoms with Crippen LogP contribution in [-0.2, 0) is 9.53 Å². The van der Waals surface area contributed by atoms with Gasteiger partial charge in [-0.1, -0.05) is 37.3 Å². The van der Waals surface area contributed by atoms with Gasteiger partial charge in [-0.05, 0) is 37.2 Å². The van der Waals surface area contributed by atoms with Crippen molar-refractivity contribution < 1.29 is 9.53 Å². The maximum absolute atomic E-state index is 12.5. The first-order valence-corrected chi connectivity index (χ1v) is 7.13. The molecule has 1 aromatic carbocycles. The molecule has 1 aromatic rings. The number of methoxy groups -OCH3 is 1. The van der Waals surface area contributed by atoms with Crippen LogP contribution in [0.15, 0.2) is 30.3 Å². The van der Waals surface area contributed by atoms with Gasteiger partial charge in [-0.2, -0.15) is 0 Å². The zero-order chi connectivity index (χ0) is 13.7. The van der Waals surface area contributed by atoms with Gasteiger partial charge in [0.2, 0.25) is 0 Å². The normalized spacial score (nSPS) is 41.5. The van der Waals surface area contributed by atoms with Crippen LogP contribution in [0.4, 0.5) is 0 Å². The fourth-order valence-corrected chi connectivity index (χ4v) is 4.27. The third kappa shape index (κ3) is 1.77. The van der Waals surface area contributed by atoms with Crippen molar-refractivity contribution in [3.05, 3.63) is 35.9 Å². The van der Waals surface area contributed by atoms with E-state index < -0.39 is 0 Å². The van der Waals surface area contributed by atoms with Crippen molar-refractivity contribution in [3.63, 3.8) is 0 Å². The quantitative estimate of drug-likeness (QED) is 0.810. The molecule has 19 heavy (non-hydrogen) atoms. The van der Waals surface area contributed by atoms with E-state index in [0.29, 0.717) is 24.0 Å². The molecule has 3 fully saturated rings. The molecule has 0 heterocycles. The van der Waals surface area contributed by atoms with Crippen molar-refractivity contribution in [3.8, 4) is 0 Å². The number of ketones is 1. The zero-order valence-corrected chi connectivity index (χ0v) is 12.0. The number of rotatable bonds is 2. The molecule has 3 saturated carbocycles. The lowest BCUT2D eigenvalue weighted by molar-refractivity contribution is -0.170. The lowest BCUT2D eigenvalue weighted by Gasteiger charge is -2.57. The first kappa shape index (κ1) is 12.9. The number of carbonyl (C=O) groups is 1. The Morgan fingerprint density at radius 3 is 2.53 bits per heavy atom. The third-order valence-electron chi connectivity index (χ3n) is 5.61. The molecule has 3 aliphatic rings. The number of carbonyl (C=O) groups excluding carboxylic acids is 1. The van der Waals surface area contributed by atoms with E-state index in [9.17, 15) is 4.79 Å². The molecule has 0 N–H and O–H groups in total. The summed E-state index contributed by atoms with van der Waals surface area (Å²) in [7, 11) is 1.78. The molecule has 2 heteroatoms. The Bertz CT molecular complexity index is 495. The summed E-state index contributed by atoms with van der Waals surface area (Å²) in [6, 6.07) is 10.5. The molecule has 0 saturated heterocycles. The van der Waals surface area contributed by atoms with Crippen molar-refractivity contribution in [1.82, 2.24) is 0 Å². The van der Waals surface area contributed by atoms with E-state index in [1.165, 1.54) is 5.56 Å². The number of ether oxygens (including phenoxy) is 1. The second-order valence-electron chi connectivity index (χ2n) is 6.63. The lowest BCUT2D eigenvalue weighted by Crippen LogP contribution is -2.58. The molecule has 2 bridgehead atoms. The van der Waals surface area contributed by atoms with Crippen LogP contribution in [0.2, 0.25) is 0 Å². The van der Waals surface area contributed by atoms with Crippen molar-refractivity contribution in [2.45, 2.75) is 44.6 Å². The molecule has 102 valence electrons. The van der Waals surface area contributed by atoms with Gasteiger partial charge in [-0.15, -0.1) is 0 Å². The fourth-order valence-electron chi connectivity index (χ4n) is 4.27. The largest absolute Gasteiger partial charge is 0.378 e. The van der Waals surface area contributed by atoms with Gasteiger partial charge in [-0.3, -0.25) is 4.79 Å². The summed E-state index contributed by atoms with van der Waals surface area (Å²) in [6.45, 7) is 4.31. The topological polar surface area (TPSA) is 26.3 Å². The summed E-state index contributed by atoms with van der Waals surface area (Å²) in [6.07, 6.45) is 2.60. The standard InChI is InChI=1S/C17H22O2/c1-16-11-17(2,19-3)13(10-15(16)18)9-14(16)12-7-5-4-6-8-12/h4-8,13-14H,9-11H2,1-3H3/t13-,14-,16+,17+/m1/s1. The number of benzene rings is 1. The Morgan fingerprint density at radius 1 is 1.21 bits per heavy atom. The van der Waals surface area contributed by atoms with Crippen LogP contribution in [-0.4, -0.2) is 18.5 Å². The van der Waals surface area contributed by atoms with Crippen LogP contribution >= 0.6 is 0 Å². The zero-order valence-electron chi connectivity index (χ0n) is 12.0. The number of fused-ring (bicyclic) bond motifs is 3. The molecule has 4 rings (SSSR count). The molecular weight excluding hydrogens is 236 g/mol. The molecule has 0 amide bonds. The van der Waals surface area contributed by atoms with Crippen LogP contribution < -0.4 is 0 Å². The number of hydrogen-bond donors (Lipinski definition) is 0. The van der Waals surface area contributed by atoms with E-state index in [2.05, 4.69) is 38.1 Å². The highest BCUT2D eigenvalue weighted by Gasteiger charge is 2.59. The van der Waals surface area contributed by atoms with Crippen LogP contribution in [0.1, 0.15) is 44.6 Å². The minimum atomic E-state index is -0.263. The molecular formula is C17H22O2. The van der Waals surface area contributed by atoms with Crippen molar-refractivity contribution in [2.75, 3.05) is 7.11 Å². The highest BCUT2D eigenvalue weighted by atomic mass is 16.5. The molecule has 0 spiro atoms. The summed E-state index contributed by atoms with van der Waals surface area (Å²) in [5, 5.41) is 0. The molecule has 2 nitrogen and oxygen atoms in total.